The summed E-state index contributed by atoms with van der Waals surface area (Å²) < 4.78 is 1.20. The fourth-order valence-electron chi connectivity index (χ4n) is 1.33. The van der Waals surface area contributed by atoms with Gasteiger partial charge < -0.3 is 5.11 Å². The lowest BCUT2D eigenvalue weighted by molar-refractivity contribution is 0.0696. The van der Waals surface area contributed by atoms with E-state index in [-0.39, 0.29) is 11.1 Å². The van der Waals surface area contributed by atoms with Crippen molar-refractivity contribution in [3.05, 3.63) is 57.7 Å². The van der Waals surface area contributed by atoms with E-state index in [1.54, 1.807) is 6.07 Å². The molecule has 0 unspecified atom stereocenters. The monoisotopic (exact) mass is 250 g/mol. The summed E-state index contributed by atoms with van der Waals surface area (Å²) in [7, 11) is 0. The molecule has 0 saturated heterocycles. The number of carboxylic acid groups (broad SMARTS) is 1. The molecule has 0 bridgehead atoms. The minimum atomic E-state index is -1.10. The maximum Gasteiger partial charge on any atom is 0.337 e. The molecule has 2 aromatic rings. The van der Waals surface area contributed by atoms with E-state index < -0.39 is 5.97 Å². The largest absolute Gasteiger partial charge is 0.478 e. The van der Waals surface area contributed by atoms with Gasteiger partial charge in [0.15, 0.2) is 0 Å². The van der Waals surface area contributed by atoms with Crippen molar-refractivity contribution in [1.29, 1.82) is 0 Å². The van der Waals surface area contributed by atoms with Gasteiger partial charge in [-0.1, -0.05) is 11.6 Å². The van der Waals surface area contributed by atoms with Crippen molar-refractivity contribution < 1.29 is 9.90 Å². The van der Waals surface area contributed by atoms with Gasteiger partial charge in [-0.05, 0) is 18.2 Å². The van der Waals surface area contributed by atoms with Crippen LogP contribution in [0.25, 0.3) is 5.69 Å². The maximum atomic E-state index is 11.6. The third-order valence-electron chi connectivity index (χ3n) is 2.15. The predicted octanol–water partition coefficient (Wildman–Crippen LogP) is 1.58. The molecule has 2 aromatic heterocycles. The molecule has 0 amide bonds. The molecule has 86 valence electrons. The number of aromatic carboxylic acids is 1. The summed E-state index contributed by atoms with van der Waals surface area (Å²) in [6.07, 6.45) is 2.64. The standard InChI is InChI=1S/C11H7ClN2O3/c12-9-3-2-8(5-13-9)14-6-7(11(16)17)1-4-10(14)15/h1-6H,(H,16,17). The molecule has 2 rings (SSSR count). The van der Waals surface area contributed by atoms with Crippen molar-refractivity contribution in [2.75, 3.05) is 0 Å². The number of nitrogens with zero attached hydrogens (tertiary/aromatic N) is 2. The minimum absolute atomic E-state index is 0.0274. The van der Waals surface area contributed by atoms with Crippen LogP contribution in [0.4, 0.5) is 0 Å². The lowest BCUT2D eigenvalue weighted by Gasteiger charge is -2.05. The number of carboxylic acids is 1. The van der Waals surface area contributed by atoms with E-state index in [9.17, 15) is 9.59 Å². The van der Waals surface area contributed by atoms with Crippen LogP contribution in [0.15, 0.2) is 41.5 Å². The summed E-state index contributed by atoms with van der Waals surface area (Å²) in [6, 6.07) is 5.56. The normalized spacial score (nSPS) is 10.2. The average Bonchev–Trinajstić information content (AvgIpc) is 2.31. The Bertz CT molecular complexity index is 619. The van der Waals surface area contributed by atoms with Crippen LogP contribution in [-0.4, -0.2) is 20.6 Å². The van der Waals surface area contributed by atoms with E-state index in [4.69, 9.17) is 16.7 Å². The molecule has 0 fully saturated rings. The molecule has 0 radical (unpaired) electrons. The van der Waals surface area contributed by atoms with Crippen LogP contribution in [-0.2, 0) is 0 Å². The fourth-order valence-corrected chi connectivity index (χ4v) is 1.44. The molecule has 17 heavy (non-hydrogen) atoms. The van der Waals surface area contributed by atoms with Gasteiger partial charge >= 0.3 is 5.97 Å². The zero-order valence-electron chi connectivity index (χ0n) is 8.50. The van der Waals surface area contributed by atoms with E-state index in [2.05, 4.69) is 4.98 Å². The molecule has 1 N–H and O–H groups in total. The number of hydrogen-bond acceptors (Lipinski definition) is 3. The number of halogens is 1. The van der Waals surface area contributed by atoms with Gasteiger partial charge in [0.2, 0.25) is 0 Å². The molecule has 0 spiro atoms. The first-order valence-electron chi connectivity index (χ1n) is 4.66. The summed E-state index contributed by atoms with van der Waals surface area (Å²) >= 11 is 5.63. The van der Waals surface area contributed by atoms with Crippen LogP contribution in [0.3, 0.4) is 0 Å². The second-order valence-corrected chi connectivity index (χ2v) is 3.66. The van der Waals surface area contributed by atoms with Crippen LogP contribution in [0, 0.1) is 0 Å². The molecule has 0 aliphatic carbocycles. The zero-order chi connectivity index (χ0) is 12.4. The Balaban J connectivity index is 2.58. The van der Waals surface area contributed by atoms with Gasteiger partial charge in [0.1, 0.15) is 5.15 Å². The van der Waals surface area contributed by atoms with Gasteiger partial charge in [-0.25, -0.2) is 9.78 Å². The van der Waals surface area contributed by atoms with Crippen LogP contribution in [0.5, 0.6) is 0 Å². The van der Waals surface area contributed by atoms with Crippen molar-refractivity contribution in [1.82, 2.24) is 9.55 Å². The van der Waals surface area contributed by atoms with Crippen LogP contribution in [0.2, 0.25) is 5.15 Å². The maximum absolute atomic E-state index is 11.6. The van der Waals surface area contributed by atoms with Crippen molar-refractivity contribution in [3.63, 3.8) is 0 Å². The molecule has 2 heterocycles. The first-order chi connectivity index (χ1) is 8.08. The molecule has 0 aliphatic rings. The first kappa shape index (κ1) is 11.3. The Labute approximate surface area is 101 Å². The number of rotatable bonds is 2. The summed E-state index contributed by atoms with van der Waals surface area (Å²) in [5.74, 6) is -1.10. The Hall–Kier alpha value is -2.14. The van der Waals surface area contributed by atoms with Crippen molar-refractivity contribution in [2.24, 2.45) is 0 Å². The fraction of sp³-hybridized carbons (Fsp3) is 0. The molecule has 0 aliphatic heterocycles. The molecule has 6 heteroatoms. The number of pyridine rings is 2. The molecule has 0 atom stereocenters. The van der Waals surface area contributed by atoms with Crippen LogP contribution in [0.1, 0.15) is 10.4 Å². The van der Waals surface area contributed by atoms with E-state index in [0.717, 1.165) is 0 Å². The summed E-state index contributed by atoms with van der Waals surface area (Å²) in [5, 5.41) is 9.14. The average molecular weight is 251 g/mol. The van der Waals surface area contributed by atoms with Crippen molar-refractivity contribution in [2.45, 2.75) is 0 Å². The highest BCUT2D eigenvalue weighted by Crippen LogP contribution is 2.09. The predicted molar refractivity (Wildman–Crippen MR) is 61.8 cm³/mol. The van der Waals surface area contributed by atoms with Crippen LogP contribution < -0.4 is 5.56 Å². The lowest BCUT2D eigenvalue weighted by Crippen LogP contribution is -2.18. The third kappa shape index (κ3) is 2.34. The Morgan fingerprint density at radius 2 is 2.06 bits per heavy atom. The van der Waals surface area contributed by atoms with Gasteiger partial charge in [-0.2, -0.15) is 0 Å². The highest BCUT2D eigenvalue weighted by molar-refractivity contribution is 6.29. The number of aromatic nitrogens is 2. The van der Waals surface area contributed by atoms with Gasteiger partial charge in [-0.15, -0.1) is 0 Å². The molecular weight excluding hydrogens is 244 g/mol. The first-order valence-corrected chi connectivity index (χ1v) is 5.03. The van der Waals surface area contributed by atoms with Gasteiger partial charge in [0, 0.05) is 12.3 Å². The van der Waals surface area contributed by atoms with Crippen molar-refractivity contribution >= 4 is 17.6 Å². The van der Waals surface area contributed by atoms with Gasteiger partial charge in [-0.3, -0.25) is 9.36 Å². The molecule has 0 aromatic carbocycles. The summed E-state index contributed by atoms with van der Waals surface area (Å²) in [5.41, 5.74) is 0.154. The summed E-state index contributed by atoms with van der Waals surface area (Å²) in [6.45, 7) is 0. The minimum Gasteiger partial charge on any atom is -0.478 e. The number of carbonyl (C=O) groups is 1. The SMILES string of the molecule is O=C(O)c1ccc(=O)n(-c2ccc(Cl)nc2)c1. The number of hydrogen-bond donors (Lipinski definition) is 1. The summed E-state index contributed by atoms with van der Waals surface area (Å²) in [4.78, 5) is 26.2. The Morgan fingerprint density at radius 1 is 1.29 bits per heavy atom. The van der Waals surface area contributed by atoms with Gasteiger partial charge in [0.05, 0.1) is 17.4 Å². The highest BCUT2D eigenvalue weighted by atomic mass is 35.5. The van der Waals surface area contributed by atoms with E-state index in [0.29, 0.717) is 10.8 Å². The second-order valence-electron chi connectivity index (χ2n) is 3.27. The van der Waals surface area contributed by atoms with Crippen LogP contribution >= 0.6 is 11.6 Å². The van der Waals surface area contributed by atoms with Gasteiger partial charge in [0.25, 0.3) is 5.56 Å². The van der Waals surface area contributed by atoms with E-state index >= 15 is 0 Å². The lowest BCUT2D eigenvalue weighted by atomic mass is 10.3. The van der Waals surface area contributed by atoms with E-state index in [1.165, 1.54) is 35.2 Å². The second kappa shape index (κ2) is 4.39. The van der Waals surface area contributed by atoms with Crippen molar-refractivity contribution in [3.8, 4) is 5.69 Å². The third-order valence-corrected chi connectivity index (χ3v) is 2.37. The Kier molecular flexibility index (Phi) is 2.93. The molecule has 5 nitrogen and oxygen atoms in total. The smallest absolute Gasteiger partial charge is 0.337 e. The van der Waals surface area contributed by atoms with E-state index in [1.807, 2.05) is 0 Å². The topological polar surface area (TPSA) is 72.2 Å². The molecular formula is C11H7ClN2O3. The quantitative estimate of drug-likeness (QED) is 0.822. The molecule has 0 saturated carbocycles. The Morgan fingerprint density at radius 3 is 2.65 bits per heavy atom. The highest BCUT2D eigenvalue weighted by Gasteiger charge is 2.06. The zero-order valence-corrected chi connectivity index (χ0v) is 9.26.